The number of nitrogens with zero attached hydrogens (tertiary/aromatic N) is 2. The van der Waals surface area contributed by atoms with Crippen LogP contribution in [0.5, 0.6) is 0 Å². The maximum atomic E-state index is 12.0. The number of nitrogens with one attached hydrogen (secondary N) is 1. The molecule has 1 aromatic carbocycles. The zero-order chi connectivity index (χ0) is 17.5. The summed E-state index contributed by atoms with van der Waals surface area (Å²) in [4.78, 5) is 23.2. The molecule has 0 bridgehead atoms. The molecule has 0 saturated carbocycles. The number of aromatic nitrogens is 2. The van der Waals surface area contributed by atoms with Gasteiger partial charge in [-0.2, -0.15) is 0 Å². The van der Waals surface area contributed by atoms with Crippen LogP contribution in [0.4, 0.5) is 5.69 Å². The van der Waals surface area contributed by atoms with Gasteiger partial charge < -0.3 is 5.32 Å². The van der Waals surface area contributed by atoms with E-state index in [0.717, 1.165) is 14.4 Å². The highest BCUT2D eigenvalue weighted by Crippen LogP contribution is 2.29. The predicted octanol–water partition coefficient (Wildman–Crippen LogP) is 4.22. The Bertz CT molecular complexity index is 699. The van der Waals surface area contributed by atoms with Crippen molar-refractivity contribution in [2.45, 2.75) is 29.5 Å². The number of anilines is 1. The van der Waals surface area contributed by atoms with Crippen LogP contribution in [0.1, 0.15) is 31.1 Å². The van der Waals surface area contributed by atoms with Gasteiger partial charge in [-0.15, -0.1) is 10.2 Å². The summed E-state index contributed by atoms with van der Waals surface area (Å²) < 4.78 is 1.73. The molecule has 128 valence electrons. The fourth-order valence-corrected chi connectivity index (χ4v) is 4.46. The minimum absolute atomic E-state index is 0.00541. The summed E-state index contributed by atoms with van der Waals surface area (Å²) in [6.07, 6.45) is 0. The van der Waals surface area contributed by atoms with Crippen molar-refractivity contribution < 1.29 is 9.59 Å². The summed E-state index contributed by atoms with van der Waals surface area (Å²) in [7, 11) is 0. The molecule has 2 rings (SSSR count). The number of carbonyl (C=O) groups excluding carboxylic acids is 2. The molecule has 1 N–H and O–H groups in total. The summed E-state index contributed by atoms with van der Waals surface area (Å²) in [5, 5.41) is 11.0. The van der Waals surface area contributed by atoms with Crippen LogP contribution in [0.2, 0.25) is 0 Å². The number of rotatable bonds is 8. The fraction of sp³-hybridized carbons (Fsp3) is 0.375. The Morgan fingerprint density at radius 3 is 2.33 bits per heavy atom. The van der Waals surface area contributed by atoms with E-state index in [0.29, 0.717) is 17.2 Å². The third-order valence-corrected chi connectivity index (χ3v) is 6.45. The quantitative estimate of drug-likeness (QED) is 0.545. The molecule has 0 saturated heterocycles. The van der Waals surface area contributed by atoms with Gasteiger partial charge in [0.15, 0.2) is 14.5 Å². The van der Waals surface area contributed by atoms with Crippen molar-refractivity contribution >= 4 is 52.2 Å². The third-order valence-electron chi connectivity index (χ3n) is 2.83. The van der Waals surface area contributed by atoms with E-state index in [1.54, 1.807) is 36.0 Å². The SMILES string of the molecule is CC(=O)c1ccc(NC(=O)CSc2nnc(SCC(C)C)s2)cc1. The molecule has 1 aromatic heterocycles. The molecule has 0 unspecified atom stereocenters. The molecule has 0 aliphatic heterocycles. The monoisotopic (exact) mass is 381 g/mol. The van der Waals surface area contributed by atoms with Crippen LogP contribution in [0.15, 0.2) is 32.9 Å². The molecular formula is C16H19N3O2S3. The number of ketones is 1. The van der Waals surface area contributed by atoms with Crippen LogP contribution in [0, 0.1) is 5.92 Å². The van der Waals surface area contributed by atoms with Gasteiger partial charge in [-0.3, -0.25) is 9.59 Å². The van der Waals surface area contributed by atoms with E-state index in [1.807, 2.05) is 0 Å². The first-order valence-corrected chi connectivity index (χ1v) is 10.2. The minimum atomic E-state index is -0.109. The first kappa shape index (κ1) is 19.0. The Morgan fingerprint density at radius 2 is 1.75 bits per heavy atom. The highest BCUT2D eigenvalue weighted by molar-refractivity contribution is 8.03. The summed E-state index contributed by atoms with van der Waals surface area (Å²) in [6, 6.07) is 6.86. The second-order valence-electron chi connectivity index (χ2n) is 5.51. The van der Waals surface area contributed by atoms with E-state index in [9.17, 15) is 9.59 Å². The standard InChI is InChI=1S/C16H19N3O2S3/c1-10(2)8-22-15-18-19-16(24-15)23-9-14(21)17-13-6-4-12(5-7-13)11(3)20/h4-7,10H,8-9H2,1-3H3,(H,17,21). The number of carbonyl (C=O) groups is 2. The molecule has 0 spiro atoms. The summed E-state index contributed by atoms with van der Waals surface area (Å²) >= 11 is 4.58. The third kappa shape index (κ3) is 6.26. The average molecular weight is 382 g/mol. The molecule has 0 fully saturated rings. The molecule has 24 heavy (non-hydrogen) atoms. The molecule has 0 aliphatic rings. The molecule has 1 heterocycles. The van der Waals surface area contributed by atoms with Crippen LogP contribution >= 0.6 is 34.9 Å². The lowest BCUT2D eigenvalue weighted by atomic mass is 10.1. The molecule has 8 heteroatoms. The lowest BCUT2D eigenvalue weighted by molar-refractivity contribution is -0.113. The summed E-state index contributed by atoms with van der Waals surface area (Å²) in [6.45, 7) is 5.84. The smallest absolute Gasteiger partial charge is 0.234 e. The zero-order valence-electron chi connectivity index (χ0n) is 13.7. The fourth-order valence-electron chi connectivity index (χ4n) is 1.66. The average Bonchev–Trinajstić information content (AvgIpc) is 2.99. The van der Waals surface area contributed by atoms with E-state index >= 15 is 0 Å². The molecule has 0 aliphatic carbocycles. The van der Waals surface area contributed by atoms with Crippen LogP contribution in [0.3, 0.4) is 0 Å². The lowest BCUT2D eigenvalue weighted by Crippen LogP contribution is -2.14. The maximum absolute atomic E-state index is 12.0. The van der Waals surface area contributed by atoms with Crippen molar-refractivity contribution in [1.82, 2.24) is 10.2 Å². The molecule has 0 atom stereocenters. The van der Waals surface area contributed by atoms with Crippen molar-refractivity contribution in [3.05, 3.63) is 29.8 Å². The van der Waals surface area contributed by atoms with Gasteiger partial charge in [0, 0.05) is 17.0 Å². The highest BCUT2D eigenvalue weighted by Gasteiger charge is 2.10. The number of Topliss-reactive ketones (excluding diaryl/α,β-unsaturated/α-hetero) is 1. The molecule has 5 nitrogen and oxygen atoms in total. The van der Waals surface area contributed by atoms with Gasteiger partial charge in [-0.05, 0) is 37.1 Å². The van der Waals surface area contributed by atoms with E-state index in [4.69, 9.17) is 0 Å². The predicted molar refractivity (Wildman–Crippen MR) is 101 cm³/mol. The first-order valence-electron chi connectivity index (χ1n) is 7.44. The Morgan fingerprint density at radius 1 is 1.12 bits per heavy atom. The van der Waals surface area contributed by atoms with Crippen LogP contribution in [0.25, 0.3) is 0 Å². The number of amides is 1. The van der Waals surface area contributed by atoms with Crippen LogP contribution in [-0.2, 0) is 4.79 Å². The van der Waals surface area contributed by atoms with E-state index < -0.39 is 0 Å². The van der Waals surface area contributed by atoms with Gasteiger partial charge in [0.1, 0.15) is 0 Å². The Hall–Kier alpha value is -1.38. The van der Waals surface area contributed by atoms with Crippen LogP contribution in [-0.4, -0.2) is 33.4 Å². The number of benzene rings is 1. The van der Waals surface area contributed by atoms with E-state index in [1.165, 1.54) is 30.0 Å². The van der Waals surface area contributed by atoms with Crippen molar-refractivity contribution in [3.8, 4) is 0 Å². The Kier molecular flexibility index (Phi) is 7.26. The van der Waals surface area contributed by atoms with Crippen molar-refractivity contribution in [3.63, 3.8) is 0 Å². The molecule has 2 aromatic rings. The second-order valence-corrected chi connectivity index (χ2v) is 8.98. The topological polar surface area (TPSA) is 72.0 Å². The molecular weight excluding hydrogens is 362 g/mol. The lowest BCUT2D eigenvalue weighted by Gasteiger charge is -2.04. The number of hydrogen-bond acceptors (Lipinski definition) is 7. The van der Waals surface area contributed by atoms with Gasteiger partial charge in [0.05, 0.1) is 5.75 Å². The number of thioether (sulfide) groups is 2. The Labute approximate surface area is 154 Å². The second kappa shape index (κ2) is 9.19. The first-order chi connectivity index (χ1) is 11.4. The van der Waals surface area contributed by atoms with Gasteiger partial charge in [0.25, 0.3) is 0 Å². The van der Waals surface area contributed by atoms with Gasteiger partial charge in [-0.1, -0.05) is 48.7 Å². The Balaban J connectivity index is 1.79. The van der Waals surface area contributed by atoms with Crippen molar-refractivity contribution in [2.75, 3.05) is 16.8 Å². The normalized spacial score (nSPS) is 10.8. The molecule has 1 amide bonds. The van der Waals surface area contributed by atoms with Crippen molar-refractivity contribution in [2.24, 2.45) is 5.92 Å². The number of hydrogen-bond donors (Lipinski definition) is 1. The minimum Gasteiger partial charge on any atom is -0.325 e. The largest absolute Gasteiger partial charge is 0.325 e. The van der Waals surface area contributed by atoms with E-state index in [2.05, 4.69) is 29.4 Å². The summed E-state index contributed by atoms with van der Waals surface area (Å²) in [5.41, 5.74) is 1.30. The van der Waals surface area contributed by atoms with Gasteiger partial charge in [-0.25, -0.2) is 0 Å². The van der Waals surface area contributed by atoms with Gasteiger partial charge >= 0.3 is 0 Å². The summed E-state index contributed by atoms with van der Waals surface area (Å²) in [5.74, 6) is 1.79. The van der Waals surface area contributed by atoms with Crippen molar-refractivity contribution in [1.29, 1.82) is 0 Å². The zero-order valence-corrected chi connectivity index (χ0v) is 16.2. The van der Waals surface area contributed by atoms with Crippen LogP contribution < -0.4 is 5.32 Å². The van der Waals surface area contributed by atoms with Gasteiger partial charge in [0.2, 0.25) is 5.91 Å². The maximum Gasteiger partial charge on any atom is 0.234 e. The highest BCUT2D eigenvalue weighted by atomic mass is 32.2. The molecule has 0 radical (unpaired) electrons. The van der Waals surface area contributed by atoms with E-state index in [-0.39, 0.29) is 17.4 Å².